The molecule has 0 bridgehead atoms. The maximum Gasteiger partial charge on any atom is 0.254 e. The van der Waals surface area contributed by atoms with Gasteiger partial charge in [0.2, 0.25) is 0 Å². The number of aromatic nitrogens is 1. The Balaban J connectivity index is 3.15. The smallest absolute Gasteiger partial charge is 0.254 e. The summed E-state index contributed by atoms with van der Waals surface area (Å²) in [5.74, 6) is -0.388. The van der Waals surface area contributed by atoms with Crippen molar-refractivity contribution in [3.05, 3.63) is 29.6 Å². The molecule has 0 aromatic carbocycles. The van der Waals surface area contributed by atoms with E-state index >= 15 is 0 Å². The Kier molecular flexibility index (Phi) is 1.89. The van der Waals surface area contributed by atoms with E-state index in [1.54, 1.807) is 12.3 Å². The summed E-state index contributed by atoms with van der Waals surface area (Å²) in [7, 11) is 1.88. The topological polar surface area (TPSA) is 47.0 Å². The van der Waals surface area contributed by atoms with Crippen LogP contribution in [0.5, 0.6) is 0 Å². The molecule has 0 saturated heterocycles. The molecule has 0 atom stereocenters. The maximum absolute atomic E-state index is 10.7. The second-order valence-corrected chi connectivity index (χ2v) is 2.53. The Labute approximate surface area is 65.5 Å². The zero-order chi connectivity index (χ0) is 8.43. The third-order valence-corrected chi connectivity index (χ3v) is 1.68. The molecule has 58 valence electrons. The maximum atomic E-state index is 10.7. The Morgan fingerprint density at radius 3 is 2.64 bits per heavy atom. The molecule has 11 heavy (non-hydrogen) atoms. The Morgan fingerprint density at radius 1 is 1.55 bits per heavy atom. The first-order valence-corrected chi connectivity index (χ1v) is 3.37. The van der Waals surface area contributed by atoms with Crippen LogP contribution in [-0.4, -0.2) is 5.91 Å². The van der Waals surface area contributed by atoms with Crippen LogP contribution < -0.4 is 10.3 Å². The van der Waals surface area contributed by atoms with Crippen molar-refractivity contribution < 1.29 is 9.36 Å². The third-order valence-electron chi connectivity index (χ3n) is 1.68. The van der Waals surface area contributed by atoms with E-state index in [-0.39, 0.29) is 5.91 Å². The number of hydrogen-bond acceptors (Lipinski definition) is 1. The van der Waals surface area contributed by atoms with Crippen LogP contribution in [0.1, 0.15) is 16.1 Å². The van der Waals surface area contributed by atoms with Crippen molar-refractivity contribution in [2.75, 3.05) is 0 Å². The molecule has 3 heteroatoms. The van der Waals surface area contributed by atoms with Crippen LogP contribution in [0.4, 0.5) is 0 Å². The van der Waals surface area contributed by atoms with E-state index < -0.39 is 0 Å². The molecule has 1 amide bonds. The Bertz CT molecular complexity index is 294. The lowest BCUT2D eigenvalue weighted by molar-refractivity contribution is -0.677. The van der Waals surface area contributed by atoms with Crippen molar-refractivity contribution in [1.29, 1.82) is 0 Å². The third kappa shape index (κ3) is 1.55. The molecular weight excluding hydrogens is 140 g/mol. The van der Waals surface area contributed by atoms with Gasteiger partial charge in [0.15, 0.2) is 11.9 Å². The summed E-state index contributed by atoms with van der Waals surface area (Å²) in [4.78, 5) is 10.7. The van der Waals surface area contributed by atoms with E-state index in [0.717, 1.165) is 5.69 Å². The molecule has 0 fully saturated rings. The number of primary amides is 1. The molecule has 0 spiro atoms. The fourth-order valence-electron chi connectivity index (χ4n) is 0.827. The van der Waals surface area contributed by atoms with E-state index in [9.17, 15) is 4.79 Å². The summed E-state index contributed by atoms with van der Waals surface area (Å²) in [5, 5.41) is 0. The predicted molar refractivity (Wildman–Crippen MR) is 40.9 cm³/mol. The van der Waals surface area contributed by atoms with Gasteiger partial charge in [0.05, 0.1) is 0 Å². The van der Waals surface area contributed by atoms with Gasteiger partial charge in [-0.05, 0) is 6.07 Å². The molecule has 1 aromatic rings. The Morgan fingerprint density at radius 2 is 2.18 bits per heavy atom. The van der Waals surface area contributed by atoms with Crippen LogP contribution in [0.3, 0.4) is 0 Å². The van der Waals surface area contributed by atoms with Gasteiger partial charge in [0.1, 0.15) is 12.6 Å². The molecule has 0 aliphatic carbocycles. The minimum atomic E-state index is -0.388. The number of pyridine rings is 1. The van der Waals surface area contributed by atoms with Gasteiger partial charge in [0, 0.05) is 13.0 Å². The van der Waals surface area contributed by atoms with Crippen molar-refractivity contribution in [3.63, 3.8) is 0 Å². The molecule has 0 radical (unpaired) electrons. The molecule has 0 aliphatic heterocycles. The number of carbonyl (C=O) groups excluding carboxylic acids is 1. The minimum absolute atomic E-state index is 0.388. The number of amides is 1. The number of carbonyl (C=O) groups is 1. The van der Waals surface area contributed by atoms with E-state index in [2.05, 4.69) is 0 Å². The minimum Gasteiger partial charge on any atom is -0.365 e. The summed E-state index contributed by atoms with van der Waals surface area (Å²) in [6, 6.07) is 3.58. The van der Waals surface area contributed by atoms with Gasteiger partial charge in [0.25, 0.3) is 5.91 Å². The van der Waals surface area contributed by atoms with Crippen LogP contribution in [0.2, 0.25) is 0 Å². The molecule has 0 aliphatic rings. The van der Waals surface area contributed by atoms with Crippen molar-refractivity contribution >= 4 is 5.91 Å². The fraction of sp³-hybridized carbons (Fsp3) is 0.250. The molecular formula is C8H11N2O+. The molecule has 1 rings (SSSR count). The average Bonchev–Trinajstić information content (AvgIpc) is 1.94. The first kappa shape index (κ1) is 7.72. The van der Waals surface area contributed by atoms with Gasteiger partial charge in [-0.25, -0.2) is 4.57 Å². The summed E-state index contributed by atoms with van der Waals surface area (Å²) >= 11 is 0. The van der Waals surface area contributed by atoms with Crippen molar-refractivity contribution in [2.45, 2.75) is 6.92 Å². The zero-order valence-corrected chi connectivity index (χ0v) is 6.66. The monoisotopic (exact) mass is 151 g/mol. The second kappa shape index (κ2) is 2.70. The summed E-state index contributed by atoms with van der Waals surface area (Å²) in [6.45, 7) is 1.96. The molecule has 0 saturated carbocycles. The van der Waals surface area contributed by atoms with Crippen molar-refractivity contribution in [2.24, 2.45) is 12.8 Å². The van der Waals surface area contributed by atoms with E-state index in [1.807, 2.05) is 24.6 Å². The fourth-order valence-corrected chi connectivity index (χ4v) is 0.827. The van der Waals surface area contributed by atoms with Crippen LogP contribution >= 0.6 is 0 Å². The quantitative estimate of drug-likeness (QED) is 0.560. The summed E-state index contributed by atoms with van der Waals surface area (Å²) in [5.41, 5.74) is 6.71. The van der Waals surface area contributed by atoms with Crippen LogP contribution in [0.15, 0.2) is 18.3 Å². The number of rotatable bonds is 1. The largest absolute Gasteiger partial charge is 0.365 e. The van der Waals surface area contributed by atoms with Gasteiger partial charge in [-0.1, -0.05) is 0 Å². The number of hydrogen-bond donors (Lipinski definition) is 1. The van der Waals surface area contributed by atoms with E-state index in [4.69, 9.17) is 5.73 Å². The van der Waals surface area contributed by atoms with Crippen molar-refractivity contribution in [1.82, 2.24) is 0 Å². The summed E-state index contributed by atoms with van der Waals surface area (Å²) in [6.07, 6.45) is 1.72. The summed E-state index contributed by atoms with van der Waals surface area (Å²) < 4.78 is 1.86. The first-order chi connectivity index (χ1) is 5.11. The predicted octanol–water partition coefficient (Wildman–Crippen LogP) is -0.0816. The Hall–Kier alpha value is -1.38. The van der Waals surface area contributed by atoms with Gasteiger partial charge in [-0.2, -0.15) is 0 Å². The van der Waals surface area contributed by atoms with Crippen LogP contribution in [0.25, 0.3) is 0 Å². The average molecular weight is 151 g/mol. The normalized spacial score (nSPS) is 9.64. The van der Waals surface area contributed by atoms with Crippen LogP contribution in [-0.2, 0) is 7.05 Å². The highest BCUT2D eigenvalue weighted by molar-refractivity contribution is 5.92. The molecule has 1 aromatic heterocycles. The van der Waals surface area contributed by atoms with Crippen molar-refractivity contribution in [3.8, 4) is 0 Å². The van der Waals surface area contributed by atoms with Crippen LogP contribution in [0, 0.1) is 6.92 Å². The van der Waals surface area contributed by atoms with Gasteiger partial charge in [-0.15, -0.1) is 0 Å². The molecule has 3 nitrogen and oxygen atoms in total. The van der Waals surface area contributed by atoms with Gasteiger partial charge < -0.3 is 5.73 Å². The highest BCUT2D eigenvalue weighted by Crippen LogP contribution is 1.94. The number of nitrogens with two attached hydrogens (primary N) is 1. The zero-order valence-electron chi connectivity index (χ0n) is 6.66. The highest BCUT2D eigenvalue weighted by atomic mass is 16.1. The van der Waals surface area contributed by atoms with E-state index in [0.29, 0.717) is 5.56 Å². The molecule has 0 unspecified atom stereocenters. The van der Waals surface area contributed by atoms with Gasteiger partial charge in [-0.3, -0.25) is 4.79 Å². The SMILES string of the molecule is Cc1ccc(C(N)=O)c[n+]1C. The van der Waals surface area contributed by atoms with Gasteiger partial charge >= 0.3 is 0 Å². The number of nitrogens with zero attached hydrogens (tertiary/aromatic N) is 1. The molecule has 2 N–H and O–H groups in total. The highest BCUT2D eigenvalue weighted by Gasteiger charge is 2.06. The second-order valence-electron chi connectivity index (χ2n) is 2.53. The standard InChI is InChI=1S/C8H10N2O/c1-6-3-4-7(8(9)11)5-10(6)2/h3-5H,1-2H3,(H-,9,11)/p+1. The number of aryl methyl sites for hydroxylation is 2. The first-order valence-electron chi connectivity index (χ1n) is 3.37. The molecule has 1 heterocycles. The lowest BCUT2D eigenvalue weighted by Crippen LogP contribution is -2.33. The lowest BCUT2D eigenvalue weighted by Gasteiger charge is -1.94. The lowest BCUT2D eigenvalue weighted by atomic mass is 10.2. The van der Waals surface area contributed by atoms with E-state index in [1.165, 1.54) is 0 Å².